The summed E-state index contributed by atoms with van der Waals surface area (Å²) in [5.41, 5.74) is 0. The summed E-state index contributed by atoms with van der Waals surface area (Å²) in [5.74, 6) is 1.69. The van der Waals surface area contributed by atoms with Crippen LogP contribution in [0, 0.1) is 11.8 Å². The van der Waals surface area contributed by atoms with E-state index in [-0.39, 0.29) is 0 Å². The summed E-state index contributed by atoms with van der Waals surface area (Å²) in [6, 6.07) is 4.72. The average Bonchev–Trinajstić information content (AvgIpc) is 2.84. The van der Waals surface area contributed by atoms with Gasteiger partial charge in [-0.15, -0.1) is 11.3 Å². The topological polar surface area (TPSA) is 12.0 Å². The van der Waals surface area contributed by atoms with E-state index in [1.54, 1.807) is 11.3 Å². The summed E-state index contributed by atoms with van der Waals surface area (Å²) >= 11 is 7.76. The Labute approximate surface area is 107 Å². The van der Waals surface area contributed by atoms with Crippen LogP contribution in [-0.2, 0) is 0 Å². The van der Waals surface area contributed by atoms with Crippen LogP contribution in [0.1, 0.15) is 44.0 Å². The normalized spacial score (nSPS) is 27.2. The zero-order valence-corrected chi connectivity index (χ0v) is 11.6. The first-order valence-corrected chi connectivity index (χ1v) is 7.38. The molecule has 1 N–H and O–H groups in total. The molecule has 0 radical (unpaired) electrons. The van der Waals surface area contributed by atoms with Crippen LogP contribution in [0.2, 0.25) is 4.34 Å². The molecular weight excluding hydrogens is 238 g/mol. The number of rotatable bonds is 4. The van der Waals surface area contributed by atoms with Crippen molar-refractivity contribution in [2.24, 2.45) is 11.8 Å². The Balaban J connectivity index is 2.10. The fourth-order valence-corrected chi connectivity index (χ4v) is 4.00. The molecule has 1 aromatic heterocycles. The second kappa shape index (κ2) is 5.52. The van der Waals surface area contributed by atoms with Crippen LogP contribution in [0.25, 0.3) is 0 Å². The van der Waals surface area contributed by atoms with Crippen LogP contribution in [-0.4, -0.2) is 6.54 Å². The standard InChI is InChI=1S/C13H20ClNS/c1-3-15-13(10-5-4-9(2)8-10)11-6-7-12(14)16-11/h6-7,9-10,13,15H,3-5,8H2,1-2H3. The molecule has 1 nitrogen and oxygen atoms in total. The number of nitrogens with one attached hydrogen (secondary N) is 1. The van der Waals surface area contributed by atoms with Crippen molar-refractivity contribution in [3.63, 3.8) is 0 Å². The molecule has 2 rings (SSSR count). The number of hydrogen-bond acceptors (Lipinski definition) is 2. The molecule has 0 amide bonds. The summed E-state index contributed by atoms with van der Waals surface area (Å²) in [4.78, 5) is 1.41. The summed E-state index contributed by atoms with van der Waals surface area (Å²) in [6.07, 6.45) is 4.09. The van der Waals surface area contributed by atoms with E-state index in [1.807, 2.05) is 6.07 Å². The van der Waals surface area contributed by atoms with Crippen molar-refractivity contribution in [1.82, 2.24) is 5.32 Å². The van der Waals surface area contributed by atoms with Gasteiger partial charge in [-0.05, 0) is 43.4 Å². The van der Waals surface area contributed by atoms with Crippen LogP contribution in [0.5, 0.6) is 0 Å². The van der Waals surface area contributed by atoms with Crippen molar-refractivity contribution in [3.05, 3.63) is 21.3 Å². The summed E-state index contributed by atoms with van der Waals surface area (Å²) < 4.78 is 0.906. The van der Waals surface area contributed by atoms with E-state index in [2.05, 4.69) is 25.2 Å². The molecule has 0 aliphatic heterocycles. The van der Waals surface area contributed by atoms with E-state index >= 15 is 0 Å². The molecule has 0 spiro atoms. The van der Waals surface area contributed by atoms with Gasteiger partial charge in [0, 0.05) is 10.9 Å². The lowest BCUT2D eigenvalue weighted by atomic mass is 9.95. The second-order valence-electron chi connectivity index (χ2n) is 4.86. The fraction of sp³-hybridized carbons (Fsp3) is 0.692. The Morgan fingerprint density at radius 3 is 2.81 bits per heavy atom. The predicted molar refractivity (Wildman–Crippen MR) is 72.3 cm³/mol. The van der Waals surface area contributed by atoms with Gasteiger partial charge in [-0.25, -0.2) is 0 Å². The Morgan fingerprint density at radius 1 is 1.50 bits per heavy atom. The lowest BCUT2D eigenvalue weighted by Crippen LogP contribution is -2.26. The number of halogens is 1. The molecule has 0 bridgehead atoms. The van der Waals surface area contributed by atoms with Gasteiger partial charge >= 0.3 is 0 Å². The summed E-state index contributed by atoms with van der Waals surface area (Å²) in [5, 5.41) is 3.63. The summed E-state index contributed by atoms with van der Waals surface area (Å²) in [7, 11) is 0. The Hall–Kier alpha value is -0.0500. The van der Waals surface area contributed by atoms with Gasteiger partial charge in [0.2, 0.25) is 0 Å². The quantitative estimate of drug-likeness (QED) is 0.838. The van der Waals surface area contributed by atoms with E-state index < -0.39 is 0 Å². The highest BCUT2D eigenvalue weighted by atomic mass is 35.5. The van der Waals surface area contributed by atoms with Crippen molar-refractivity contribution in [3.8, 4) is 0 Å². The molecule has 1 aliphatic rings. The average molecular weight is 258 g/mol. The lowest BCUT2D eigenvalue weighted by Gasteiger charge is -2.23. The molecule has 16 heavy (non-hydrogen) atoms. The van der Waals surface area contributed by atoms with Gasteiger partial charge in [0.1, 0.15) is 0 Å². The summed E-state index contributed by atoms with van der Waals surface area (Å²) in [6.45, 7) is 5.58. The minimum absolute atomic E-state index is 0.521. The Morgan fingerprint density at radius 2 is 2.31 bits per heavy atom. The van der Waals surface area contributed by atoms with E-state index in [0.717, 1.165) is 22.7 Å². The van der Waals surface area contributed by atoms with E-state index in [0.29, 0.717) is 6.04 Å². The molecule has 1 aliphatic carbocycles. The molecule has 0 aromatic carbocycles. The Bertz CT molecular complexity index is 336. The van der Waals surface area contributed by atoms with Gasteiger partial charge in [0.15, 0.2) is 0 Å². The van der Waals surface area contributed by atoms with E-state index in [9.17, 15) is 0 Å². The first kappa shape index (κ1) is 12.4. The first-order chi connectivity index (χ1) is 7.70. The van der Waals surface area contributed by atoms with Crippen molar-refractivity contribution < 1.29 is 0 Å². The van der Waals surface area contributed by atoms with Crippen LogP contribution >= 0.6 is 22.9 Å². The van der Waals surface area contributed by atoms with Crippen LogP contribution < -0.4 is 5.32 Å². The predicted octanol–water partition coefficient (Wildman–Crippen LogP) is 4.49. The minimum atomic E-state index is 0.521. The smallest absolute Gasteiger partial charge is 0.0931 e. The number of thiophene rings is 1. The monoisotopic (exact) mass is 257 g/mol. The third-order valence-electron chi connectivity index (χ3n) is 3.53. The van der Waals surface area contributed by atoms with E-state index in [1.165, 1.54) is 24.1 Å². The van der Waals surface area contributed by atoms with E-state index in [4.69, 9.17) is 11.6 Å². The molecule has 0 saturated heterocycles. The largest absolute Gasteiger partial charge is 0.309 e. The van der Waals surface area contributed by atoms with Gasteiger partial charge in [-0.1, -0.05) is 31.9 Å². The van der Waals surface area contributed by atoms with Gasteiger partial charge in [0.05, 0.1) is 4.34 Å². The van der Waals surface area contributed by atoms with Crippen molar-refractivity contribution in [1.29, 1.82) is 0 Å². The van der Waals surface area contributed by atoms with Gasteiger partial charge in [-0.2, -0.15) is 0 Å². The van der Waals surface area contributed by atoms with Crippen molar-refractivity contribution in [2.45, 2.75) is 39.2 Å². The SMILES string of the molecule is CCNC(c1ccc(Cl)s1)C1CCC(C)C1. The Kier molecular flexibility index (Phi) is 4.28. The highest BCUT2D eigenvalue weighted by molar-refractivity contribution is 7.16. The maximum absolute atomic E-state index is 6.03. The van der Waals surface area contributed by atoms with Gasteiger partial charge in [-0.3, -0.25) is 0 Å². The maximum atomic E-state index is 6.03. The number of hydrogen-bond donors (Lipinski definition) is 1. The molecular formula is C13H20ClNS. The molecule has 90 valence electrons. The molecule has 1 fully saturated rings. The minimum Gasteiger partial charge on any atom is -0.309 e. The lowest BCUT2D eigenvalue weighted by molar-refractivity contribution is 0.370. The molecule has 1 saturated carbocycles. The van der Waals surface area contributed by atoms with Crippen LogP contribution in [0.15, 0.2) is 12.1 Å². The second-order valence-corrected chi connectivity index (χ2v) is 6.60. The van der Waals surface area contributed by atoms with Gasteiger partial charge in [0.25, 0.3) is 0 Å². The highest BCUT2D eigenvalue weighted by Gasteiger charge is 2.29. The maximum Gasteiger partial charge on any atom is 0.0931 e. The molecule has 1 aromatic rings. The third kappa shape index (κ3) is 2.79. The zero-order chi connectivity index (χ0) is 11.5. The fourth-order valence-electron chi connectivity index (χ4n) is 2.77. The highest BCUT2D eigenvalue weighted by Crippen LogP contribution is 2.41. The molecule has 3 heteroatoms. The molecule has 3 unspecified atom stereocenters. The third-order valence-corrected chi connectivity index (χ3v) is 4.85. The molecule has 1 heterocycles. The first-order valence-electron chi connectivity index (χ1n) is 6.19. The van der Waals surface area contributed by atoms with Crippen molar-refractivity contribution >= 4 is 22.9 Å². The van der Waals surface area contributed by atoms with Crippen LogP contribution in [0.4, 0.5) is 0 Å². The molecule has 3 atom stereocenters. The zero-order valence-electron chi connectivity index (χ0n) is 10.0. The van der Waals surface area contributed by atoms with Crippen molar-refractivity contribution in [2.75, 3.05) is 6.54 Å². The van der Waals surface area contributed by atoms with Gasteiger partial charge < -0.3 is 5.32 Å². The van der Waals surface area contributed by atoms with Crippen LogP contribution in [0.3, 0.4) is 0 Å².